The van der Waals surface area contributed by atoms with Crippen LogP contribution in [0.4, 0.5) is 18.0 Å². The van der Waals surface area contributed by atoms with Crippen molar-refractivity contribution in [2.45, 2.75) is 63.1 Å². The molecule has 0 unspecified atom stereocenters. The molecule has 0 fully saturated rings. The molecule has 3 aromatic carbocycles. The molecule has 0 heterocycles. The van der Waals surface area contributed by atoms with Gasteiger partial charge in [-0.3, -0.25) is 0 Å². The number of hydrogen-bond donors (Lipinski definition) is 1. The number of carbonyl (C=O) groups excluding carboxylic acids is 2. The summed E-state index contributed by atoms with van der Waals surface area (Å²) in [5.41, 5.74) is -2.65. The molecule has 234 valence electrons. The molecule has 0 saturated heterocycles. The van der Waals surface area contributed by atoms with Gasteiger partial charge in [0.2, 0.25) is 0 Å². The second-order valence-electron chi connectivity index (χ2n) is 11.2. The SMILES string of the molecule is C=C(/C=C/c1ccccc1)C[C@H](OC(=O)[C@@](OC)(c1ccccc1)C(F)(F)F)[C@H](Cc1ccccc1)NC(=O)OC(C)(C)C. The van der Waals surface area contributed by atoms with E-state index >= 15 is 0 Å². The number of hydrogen-bond acceptors (Lipinski definition) is 5. The fraction of sp³-hybridized carbons (Fsp3) is 0.314. The Kier molecular flexibility index (Phi) is 11.5. The number of halogens is 3. The molecular weight excluding hydrogens is 571 g/mol. The molecule has 0 bridgehead atoms. The van der Waals surface area contributed by atoms with E-state index in [1.54, 1.807) is 57.2 Å². The Bertz CT molecular complexity index is 1400. The number of rotatable bonds is 12. The lowest BCUT2D eigenvalue weighted by atomic mass is 9.91. The Morgan fingerprint density at radius 1 is 0.886 bits per heavy atom. The minimum Gasteiger partial charge on any atom is -0.457 e. The molecule has 1 N–H and O–H groups in total. The summed E-state index contributed by atoms with van der Waals surface area (Å²) >= 11 is 0. The van der Waals surface area contributed by atoms with E-state index in [0.29, 0.717) is 5.57 Å². The molecule has 3 atom stereocenters. The van der Waals surface area contributed by atoms with Crippen molar-refractivity contribution in [1.82, 2.24) is 5.32 Å². The third-order valence-electron chi connectivity index (χ3n) is 6.66. The summed E-state index contributed by atoms with van der Waals surface area (Å²) in [6.07, 6.45) is -3.81. The van der Waals surface area contributed by atoms with E-state index in [4.69, 9.17) is 14.2 Å². The van der Waals surface area contributed by atoms with Gasteiger partial charge in [-0.15, -0.1) is 0 Å². The zero-order chi connectivity index (χ0) is 32.4. The molecule has 0 radical (unpaired) electrons. The van der Waals surface area contributed by atoms with Gasteiger partial charge in [0.05, 0.1) is 6.04 Å². The maximum absolute atomic E-state index is 14.7. The molecule has 3 rings (SSSR count). The minimum absolute atomic E-state index is 0.102. The van der Waals surface area contributed by atoms with Gasteiger partial charge in [-0.05, 0) is 38.3 Å². The maximum Gasteiger partial charge on any atom is 0.432 e. The van der Waals surface area contributed by atoms with Crippen molar-refractivity contribution in [2.24, 2.45) is 0 Å². The van der Waals surface area contributed by atoms with Crippen LogP contribution in [0.1, 0.15) is 43.9 Å². The molecule has 1 amide bonds. The van der Waals surface area contributed by atoms with Gasteiger partial charge in [0, 0.05) is 19.1 Å². The van der Waals surface area contributed by atoms with E-state index in [0.717, 1.165) is 30.4 Å². The van der Waals surface area contributed by atoms with Crippen LogP contribution in [0.3, 0.4) is 0 Å². The fourth-order valence-corrected chi connectivity index (χ4v) is 4.58. The number of amides is 1. The highest BCUT2D eigenvalue weighted by atomic mass is 19.4. The van der Waals surface area contributed by atoms with E-state index in [1.165, 1.54) is 18.2 Å². The molecule has 44 heavy (non-hydrogen) atoms. The average molecular weight is 610 g/mol. The van der Waals surface area contributed by atoms with Crippen molar-refractivity contribution in [3.8, 4) is 0 Å². The van der Waals surface area contributed by atoms with Crippen LogP contribution in [0.15, 0.2) is 109 Å². The lowest BCUT2D eigenvalue weighted by molar-refractivity contribution is -0.278. The van der Waals surface area contributed by atoms with Crippen molar-refractivity contribution in [1.29, 1.82) is 0 Å². The molecule has 0 aliphatic carbocycles. The number of alkyl halides is 3. The van der Waals surface area contributed by atoms with Gasteiger partial charge in [0.15, 0.2) is 0 Å². The van der Waals surface area contributed by atoms with Crippen LogP contribution in [-0.4, -0.2) is 43.1 Å². The third kappa shape index (κ3) is 9.31. The van der Waals surface area contributed by atoms with E-state index in [9.17, 15) is 22.8 Å². The number of ether oxygens (including phenoxy) is 3. The topological polar surface area (TPSA) is 73.9 Å². The second-order valence-corrected chi connectivity index (χ2v) is 11.2. The second kappa shape index (κ2) is 14.9. The monoisotopic (exact) mass is 609 g/mol. The van der Waals surface area contributed by atoms with Crippen LogP contribution in [0.2, 0.25) is 0 Å². The molecule has 3 aromatic rings. The number of esters is 1. The summed E-state index contributed by atoms with van der Waals surface area (Å²) in [6.45, 7) is 9.11. The number of allylic oxidation sites excluding steroid dienone is 1. The Balaban J connectivity index is 2.05. The summed E-state index contributed by atoms with van der Waals surface area (Å²) in [5.74, 6) is -1.67. The number of benzene rings is 3. The van der Waals surface area contributed by atoms with E-state index < -0.39 is 47.2 Å². The first-order chi connectivity index (χ1) is 20.7. The van der Waals surface area contributed by atoms with Gasteiger partial charge >= 0.3 is 18.2 Å². The Hall–Kier alpha value is -4.37. The normalized spacial score (nSPS) is 14.7. The van der Waals surface area contributed by atoms with Gasteiger partial charge in [-0.2, -0.15) is 13.2 Å². The highest BCUT2D eigenvalue weighted by Crippen LogP contribution is 2.43. The summed E-state index contributed by atoms with van der Waals surface area (Å²) in [4.78, 5) is 26.7. The molecule has 0 aliphatic heterocycles. The third-order valence-corrected chi connectivity index (χ3v) is 6.66. The van der Waals surface area contributed by atoms with Crippen molar-refractivity contribution in [2.75, 3.05) is 7.11 Å². The van der Waals surface area contributed by atoms with Crippen LogP contribution in [-0.2, 0) is 31.0 Å². The first-order valence-corrected chi connectivity index (χ1v) is 14.1. The highest BCUT2D eigenvalue weighted by molar-refractivity contribution is 5.83. The highest BCUT2D eigenvalue weighted by Gasteiger charge is 2.64. The van der Waals surface area contributed by atoms with Gasteiger partial charge in [0.1, 0.15) is 11.7 Å². The van der Waals surface area contributed by atoms with E-state index in [1.807, 2.05) is 36.4 Å². The van der Waals surface area contributed by atoms with Crippen molar-refractivity contribution < 1.29 is 37.0 Å². The maximum atomic E-state index is 14.7. The van der Waals surface area contributed by atoms with Gasteiger partial charge in [-0.25, -0.2) is 9.59 Å². The van der Waals surface area contributed by atoms with Gasteiger partial charge in [0.25, 0.3) is 5.60 Å². The van der Waals surface area contributed by atoms with Crippen LogP contribution < -0.4 is 5.32 Å². The Morgan fingerprint density at radius 3 is 1.95 bits per heavy atom. The lowest BCUT2D eigenvalue weighted by Gasteiger charge is -2.36. The van der Waals surface area contributed by atoms with Crippen LogP contribution in [0, 0.1) is 0 Å². The molecule has 0 aromatic heterocycles. The number of methoxy groups -OCH3 is 1. The standard InChI is InChI=1S/C35H38F3NO5/c1-25(21-22-26-15-9-6-10-16-26)23-30(29(24-27-17-11-7-12-18-27)39-32(41)44-33(2,3)4)43-31(40)34(42-5,35(36,37)38)28-19-13-8-14-20-28/h6-22,29-30H,1,23-24H2,2-5H3,(H,39,41)/b22-21+/t29-,30-,34-/m0/s1. The van der Waals surface area contributed by atoms with Crippen molar-refractivity contribution in [3.05, 3.63) is 126 Å². The largest absolute Gasteiger partial charge is 0.457 e. The zero-order valence-corrected chi connectivity index (χ0v) is 25.3. The van der Waals surface area contributed by atoms with E-state index in [2.05, 4.69) is 11.9 Å². The van der Waals surface area contributed by atoms with Crippen LogP contribution >= 0.6 is 0 Å². The van der Waals surface area contributed by atoms with Crippen LogP contribution in [0.5, 0.6) is 0 Å². The molecule has 0 saturated carbocycles. The predicted octanol–water partition coefficient (Wildman–Crippen LogP) is 7.80. The zero-order valence-electron chi connectivity index (χ0n) is 25.3. The summed E-state index contributed by atoms with van der Waals surface area (Å²) in [6, 6.07) is 23.9. The number of alkyl carbamates (subject to hydrolysis) is 1. The Morgan fingerprint density at radius 2 is 1.43 bits per heavy atom. The smallest absolute Gasteiger partial charge is 0.432 e. The molecule has 9 heteroatoms. The van der Waals surface area contributed by atoms with Gasteiger partial charge in [-0.1, -0.05) is 115 Å². The predicted molar refractivity (Wildman–Crippen MR) is 164 cm³/mol. The van der Waals surface area contributed by atoms with Crippen molar-refractivity contribution >= 4 is 18.1 Å². The quantitative estimate of drug-likeness (QED) is 0.168. The van der Waals surface area contributed by atoms with Crippen LogP contribution in [0.25, 0.3) is 6.08 Å². The first kappa shape index (κ1) is 34.1. The van der Waals surface area contributed by atoms with Crippen molar-refractivity contribution in [3.63, 3.8) is 0 Å². The molecular formula is C35H38F3NO5. The average Bonchev–Trinajstić information content (AvgIpc) is 2.96. The minimum atomic E-state index is -5.18. The number of nitrogens with one attached hydrogen (secondary N) is 1. The molecule has 0 aliphatic rings. The number of carbonyl (C=O) groups is 2. The summed E-state index contributed by atoms with van der Waals surface area (Å²) < 4.78 is 60.3. The van der Waals surface area contributed by atoms with E-state index in [-0.39, 0.29) is 12.8 Å². The summed E-state index contributed by atoms with van der Waals surface area (Å²) in [5, 5.41) is 2.73. The molecule has 6 nitrogen and oxygen atoms in total. The molecule has 0 spiro atoms. The lowest BCUT2D eigenvalue weighted by Crippen LogP contribution is -2.55. The first-order valence-electron chi connectivity index (χ1n) is 14.1. The van der Waals surface area contributed by atoms with Gasteiger partial charge < -0.3 is 19.5 Å². The fourth-order valence-electron chi connectivity index (χ4n) is 4.58. The Labute approximate surface area is 256 Å². The summed E-state index contributed by atoms with van der Waals surface area (Å²) in [7, 11) is 0.804.